The van der Waals surface area contributed by atoms with Crippen molar-refractivity contribution in [3.05, 3.63) is 34.3 Å². The highest BCUT2D eigenvalue weighted by atomic mass is 35.5. The average Bonchev–Trinajstić information content (AvgIpc) is 2.57. The molecule has 3 rings (SSSR count). The third kappa shape index (κ3) is 3.98. The first-order valence-electron chi connectivity index (χ1n) is 7.95. The summed E-state index contributed by atoms with van der Waals surface area (Å²) in [5, 5.41) is 14.8. The number of halogens is 1. The van der Waals surface area contributed by atoms with Gasteiger partial charge in [0.15, 0.2) is 0 Å². The van der Waals surface area contributed by atoms with Crippen molar-refractivity contribution in [1.29, 1.82) is 0 Å². The van der Waals surface area contributed by atoms with E-state index in [0.29, 0.717) is 18.2 Å². The fourth-order valence-corrected chi connectivity index (χ4v) is 3.26. The second kappa shape index (κ2) is 7.73. The Labute approximate surface area is 136 Å². The summed E-state index contributed by atoms with van der Waals surface area (Å²) in [5.74, 6) is 0. The maximum Gasteiger partial charge on any atom is 0.134 e. The van der Waals surface area contributed by atoms with Crippen molar-refractivity contribution < 1.29 is 9.84 Å². The van der Waals surface area contributed by atoms with Gasteiger partial charge >= 0.3 is 0 Å². The fourth-order valence-electron chi connectivity index (χ4n) is 3.08. The Morgan fingerprint density at radius 3 is 2.64 bits per heavy atom. The molecule has 2 N–H and O–H groups in total. The van der Waals surface area contributed by atoms with E-state index in [1.807, 2.05) is 18.2 Å². The highest BCUT2D eigenvalue weighted by Gasteiger charge is 2.23. The summed E-state index contributed by atoms with van der Waals surface area (Å²) in [7, 11) is 0. The lowest BCUT2D eigenvalue weighted by molar-refractivity contribution is -0.0609. The monoisotopic (exact) mass is 325 g/mol. The quantitative estimate of drug-likeness (QED) is 0.867. The summed E-state index contributed by atoms with van der Waals surface area (Å²) in [4.78, 5) is 4.46. The number of aliphatic hydroxyl groups excluding tert-OH is 1. The van der Waals surface area contributed by atoms with Crippen LogP contribution in [0.4, 0.5) is 0 Å². The van der Waals surface area contributed by atoms with Crippen LogP contribution < -0.4 is 5.32 Å². The lowest BCUT2D eigenvalue weighted by Gasteiger charge is -2.33. The number of hydrogen-bond acceptors (Lipinski definition) is 5. The van der Waals surface area contributed by atoms with Gasteiger partial charge in [-0.15, -0.1) is 0 Å². The molecule has 0 radical (unpaired) electrons. The lowest BCUT2D eigenvalue weighted by Crippen LogP contribution is -2.43. The summed E-state index contributed by atoms with van der Waals surface area (Å²) in [6, 6.07) is 5.86. The molecule has 2 fully saturated rings. The maximum absolute atomic E-state index is 10.8. The molecule has 0 aromatic heterocycles. The van der Waals surface area contributed by atoms with Gasteiger partial charge in [0, 0.05) is 56.4 Å². The maximum atomic E-state index is 10.8. The van der Waals surface area contributed by atoms with Crippen molar-refractivity contribution in [2.75, 3.05) is 52.5 Å². The first-order valence-corrected chi connectivity index (χ1v) is 8.33. The van der Waals surface area contributed by atoms with E-state index in [-0.39, 0.29) is 0 Å². The van der Waals surface area contributed by atoms with Gasteiger partial charge in [0.05, 0.1) is 13.2 Å². The van der Waals surface area contributed by atoms with Crippen molar-refractivity contribution in [3.63, 3.8) is 0 Å². The molecule has 2 aliphatic heterocycles. The number of nitrogens with zero attached hydrogens (tertiary/aromatic N) is 2. The van der Waals surface area contributed by atoms with Crippen molar-refractivity contribution in [1.82, 2.24) is 15.1 Å². The molecule has 5 nitrogen and oxygen atoms in total. The fraction of sp³-hybridized carbons (Fsp3) is 0.625. The Balaban J connectivity index is 1.77. The van der Waals surface area contributed by atoms with Crippen LogP contribution in [0.25, 0.3) is 0 Å². The van der Waals surface area contributed by atoms with E-state index >= 15 is 0 Å². The molecule has 22 heavy (non-hydrogen) atoms. The van der Waals surface area contributed by atoms with Crippen LogP contribution >= 0.6 is 11.6 Å². The van der Waals surface area contributed by atoms with E-state index < -0.39 is 6.23 Å². The predicted molar refractivity (Wildman–Crippen MR) is 87.0 cm³/mol. The van der Waals surface area contributed by atoms with Gasteiger partial charge in [-0.3, -0.25) is 9.80 Å². The van der Waals surface area contributed by atoms with Crippen molar-refractivity contribution in [2.24, 2.45) is 0 Å². The van der Waals surface area contributed by atoms with E-state index in [2.05, 4.69) is 15.1 Å². The number of ether oxygens (including phenoxy) is 1. The minimum atomic E-state index is -0.611. The molecule has 122 valence electrons. The predicted octanol–water partition coefficient (Wildman–Crippen LogP) is 1.07. The van der Waals surface area contributed by atoms with Crippen LogP contribution in [0, 0.1) is 0 Å². The van der Waals surface area contributed by atoms with Gasteiger partial charge in [-0.2, -0.15) is 0 Å². The van der Waals surface area contributed by atoms with E-state index in [1.54, 1.807) is 0 Å². The molecular formula is C16H24ClN3O2. The van der Waals surface area contributed by atoms with Crippen LogP contribution in [-0.4, -0.2) is 67.4 Å². The third-order valence-electron chi connectivity index (χ3n) is 4.38. The highest BCUT2D eigenvalue weighted by Crippen LogP contribution is 2.27. The molecule has 0 bridgehead atoms. The minimum absolute atomic E-state index is 0.611. The van der Waals surface area contributed by atoms with Crippen molar-refractivity contribution >= 4 is 11.6 Å². The number of piperazine rings is 1. The molecule has 0 spiro atoms. The molecule has 1 aromatic carbocycles. The van der Waals surface area contributed by atoms with Crippen LogP contribution in [-0.2, 0) is 11.3 Å². The molecule has 0 amide bonds. The second-order valence-electron chi connectivity index (χ2n) is 5.89. The topological polar surface area (TPSA) is 48.0 Å². The van der Waals surface area contributed by atoms with E-state index in [0.717, 1.165) is 56.9 Å². The first-order chi connectivity index (χ1) is 10.7. The standard InChI is InChI=1S/C16H24ClN3O2/c17-14-2-1-13(12-19-5-3-18-4-6-19)15(11-14)16(21)20-7-9-22-10-8-20/h1-2,11,16,18,21H,3-10,12H2. The van der Waals surface area contributed by atoms with E-state index in [9.17, 15) is 5.11 Å². The second-order valence-corrected chi connectivity index (χ2v) is 6.33. The van der Waals surface area contributed by atoms with Gasteiger partial charge in [0.2, 0.25) is 0 Å². The van der Waals surface area contributed by atoms with Crippen LogP contribution in [0.2, 0.25) is 5.02 Å². The summed E-state index contributed by atoms with van der Waals surface area (Å²) < 4.78 is 5.37. The number of benzene rings is 1. The summed E-state index contributed by atoms with van der Waals surface area (Å²) >= 11 is 6.16. The lowest BCUT2D eigenvalue weighted by atomic mass is 10.0. The molecule has 1 unspecified atom stereocenters. The number of rotatable bonds is 4. The highest BCUT2D eigenvalue weighted by molar-refractivity contribution is 6.30. The Bertz CT molecular complexity index is 488. The van der Waals surface area contributed by atoms with Gasteiger partial charge in [0.25, 0.3) is 0 Å². The van der Waals surface area contributed by atoms with Gasteiger partial charge in [-0.25, -0.2) is 0 Å². The zero-order valence-corrected chi connectivity index (χ0v) is 13.6. The van der Waals surface area contributed by atoms with Gasteiger partial charge in [-0.05, 0) is 17.7 Å². The third-order valence-corrected chi connectivity index (χ3v) is 4.62. The van der Waals surface area contributed by atoms with Crippen LogP contribution in [0.5, 0.6) is 0 Å². The molecule has 1 atom stereocenters. The normalized spacial score (nSPS) is 22.6. The molecule has 2 heterocycles. The molecule has 1 aromatic rings. The molecule has 6 heteroatoms. The zero-order valence-electron chi connectivity index (χ0n) is 12.8. The summed E-state index contributed by atoms with van der Waals surface area (Å²) in [5.41, 5.74) is 2.08. The zero-order chi connectivity index (χ0) is 15.4. The molecule has 0 saturated carbocycles. The SMILES string of the molecule is OC(c1cc(Cl)ccc1CN1CCNCC1)N1CCOCC1. The minimum Gasteiger partial charge on any atom is -0.379 e. The number of morpholine rings is 1. The summed E-state index contributed by atoms with van der Waals surface area (Å²) in [6.07, 6.45) is -0.611. The smallest absolute Gasteiger partial charge is 0.134 e. The molecular weight excluding hydrogens is 302 g/mol. The first kappa shape index (κ1) is 16.2. The molecule has 0 aliphatic carbocycles. The summed E-state index contributed by atoms with van der Waals surface area (Å²) in [6.45, 7) is 7.82. The van der Waals surface area contributed by atoms with Gasteiger partial charge in [-0.1, -0.05) is 17.7 Å². The van der Waals surface area contributed by atoms with Gasteiger partial charge < -0.3 is 15.2 Å². The Kier molecular flexibility index (Phi) is 5.68. The van der Waals surface area contributed by atoms with Crippen LogP contribution in [0.1, 0.15) is 17.4 Å². The van der Waals surface area contributed by atoms with Crippen molar-refractivity contribution in [3.8, 4) is 0 Å². The molecule has 2 aliphatic rings. The average molecular weight is 326 g/mol. The number of nitrogens with one attached hydrogen (secondary N) is 1. The van der Waals surface area contributed by atoms with E-state index in [4.69, 9.17) is 16.3 Å². The van der Waals surface area contributed by atoms with Crippen LogP contribution in [0.3, 0.4) is 0 Å². The Morgan fingerprint density at radius 1 is 1.18 bits per heavy atom. The number of hydrogen-bond donors (Lipinski definition) is 2. The van der Waals surface area contributed by atoms with Gasteiger partial charge in [0.1, 0.15) is 6.23 Å². The molecule has 2 saturated heterocycles. The van der Waals surface area contributed by atoms with Crippen LogP contribution in [0.15, 0.2) is 18.2 Å². The van der Waals surface area contributed by atoms with Crippen molar-refractivity contribution in [2.45, 2.75) is 12.8 Å². The largest absolute Gasteiger partial charge is 0.379 e. The Morgan fingerprint density at radius 2 is 1.91 bits per heavy atom. The number of aliphatic hydroxyl groups is 1. The van der Waals surface area contributed by atoms with E-state index in [1.165, 1.54) is 0 Å². The Hall–Kier alpha value is -0.690.